The van der Waals surface area contributed by atoms with Crippen LogP contribution in [0, 0.1) is 6.92 Å². The number of aromatic nitrogens is 2. The lowest BCUT2D eigenvalue weighted by Crippen LogP contribution is -2.21. The van der Waals surface area contributed by atoms with Crippen molar-refractivity contribution in [1.82, 2.24) is 15.5 Å². The molecule has 0 fully saturated rings. The normalized spacial score (nSPS) is 9.64. The molecule has 0 aromatic carbocycles. The zero-order valence-corrected chi connectivity index (χ0v) is 8.50. The number of carbonyl (C=O) groups is 1. The van der Waals surface area contributed by atoms with Crippen LogP contribution in [-0.2, 0) is 11.3 Å². The number of aryl methyl sites for hydroxylation is 1. The zero-order chi connectivity index (χ0) is 10.6. The molecular formula is C9H13N3O2. The Morgan fingerprint density at radius 3 is 2.79 bits per heavy atom. The molecule has 0 saturated heterocycles. The van der Waals surface area contributed by atoms with Gasteiger partial charge >= 0.3 is 0 Å². The van der Waals surface area contributed by atoms with Crippen LogP contribution in [0.3, 0.4) is 0 Å². The number of allylic oxidation sites excluding steroid dienone is 1. The number of nitrogens with one attached hydrogen (secondary N) is 1. The molecule has 1 amide bonds. The second-order valence-corrected chi connectivity index (χ2v) is 3.17. The molecule has 0 bridgehead atoms. The maximum atomic E-state index is 11.2. The van der Waals surface area contributed by atoms with Crippen molar-refractivity contribution < 1.29 is 9.32 Å². The monoisotopic (exact) mass is 195 g/mol. The number of hydrogen-bond donors (Lipinski definition) is 1. The Hall–Kier alpha value is -1.65. The SMILES string of the molecule is CC(C)=CC(=O)NCc1noc(C)n1. The van der Waals surface area contributed by atoms with Crippen LogP contribution in [0.5, 0.6) is 0 Å². The van der Waals surface area contributed by atoms with Crippen LogP contribution >= 0.6 is 0 Å². The number of amides is 1. The van der Waals surface area contributed by atoms with Crippen molar-refractivity contribution in [3.63, 3.8) is 0 Å². The van der Waals surface area contributed by atoms with E-state index in [9.17, 15) is 4.79 Å². The highest BCUT2D eigenvalue weighted by molar-refractivity contribution is 5.87. The molecular weight excluding hydrogens is 182 g/mol. The van der Waals surface area contributed by atoms with Crippen LogP contribution in [-0.4, -0.2) is 16.0 Å². The molecule has 0 unspecified atom stereocenters. The van der Waals surface area contributed by atoms with Crippen LogP contribution in [0.25, 0.3) is 0 Å². The van der Waals surface area contributed by atoms with Crippen LogP contribution in [0.15, 0.2) is 16.2 Å². The van der Waals surface area contributed by atoms with E-state index < -0.39 is 0 Å². The summed E-state index contributed by atoms with van der Waals surface area (Å²) in [7, 11) is 0. The molecule has 5 heteroatoms. The highest BCUT2D eigenvalue weighted by Crippen LogP contribution is 1.94. The number of rotatable bonds is 3. The molecule has 0 radical (unpaired) electrons. The second kappa shape index (κ2) is 4.55. The first-order valence-corrected chi connectivity index (χ1v) is 4.30. The van der Waals surface area contributed by atoms with Gasteiger partial charge < -0.3 is 9.84 Å². The van der Waals surface area contributed by atoms with Gasteiger partial charge in [-0.2, -0.15) is 4.98 Å². The van der Waals surface area contributed by atoms with Gasteiger partial charge in [-0.05, 0) is 13.8 Å². The molecule has 1 aromatic rings. The molecule has 5 nitrogen and oxygen atoms in total. The molecule has 1 heterocycles. The fourth-order valence-electron chi connectivity index (χ4n) is 0.893. The molecule has 0 saturated carbocycles. The van der Waals surface area contributed by atoms with Crippen molar-refractivity contribution in [1.29, 1.82) is 0 Å². The maximum absolute atomic E-state index is 11.2. The molecule has 0 atom stereocenters. The minimum Gasteiger partial charge on any atom is -0.345 e. The average molecular weight is 195 g/mol. The van der Waals surface area contributed by atoms with Crippen molar-refractivity contribution in [3.05, 3.63) is 23.4 Å². The van der Waals surface area contributed by atoms with Crippen molar-refractivity contribution >= 4 is 5.91 Å². The number of hydrogen-bond acceptors (Lipinski definition) is 4. The first-order chi connectivity index (χ1) is 6.58. The molecule has 0 aliphatic heterocycles. The average Bonchev–Trinajstić information content (AvgIpc) is 2.47. The Bertz CT molecular complexity index is 351. The minimum absolute atomic E-state index is 0.146. The lowest BCUT2D eigenvalue weighted by Gasteiger charge is -1.96. The third-order valence-corrected chi connectivity index (χ3v) is 1.41. The molecule has 0 aliphatic carbocycles. The predicted octanol–water partition coefficient (Wildman–Crippen LogP) is 0.960. The fraction of sp³-hybridized carbons (Fsp3) is 0.444. The summed E-state index contributed by atoms with van der Waals surface area (Å²) in [4.78, 5) is 15.1. The zero-order valence-electron chi connectivity index (χ0n) is 8.50. The molecule has 0 spiro atoms. The number of carbonyl (C=O) groups excluding carboxylic acids is 1. The van der Waals surface area contributed by atoms with E-state index in [1.54, 1.807) is 6.92 Å². The Balaban J connectivity index is 2.41. The molecule has 76 valence electrons. The third-order valence-electron chi connectivity index (χ3n) is 1.41. The summed E-state index contributed by atoms with van der Waals surface area (Å²) >= 11 is 0. The van der Waals surface area contributed by atoms with E-state index in [-0.39, 0.29) is 5.91 Å². The van der Waals surface area contributed by atoms with Gasteiger partial charge in [-0.3, -0.25) is 4.79 Å². The molecule has 1 aromatic heterocycles. The van der Waals surface area contributed by atoms with Gasteiger partial charge in [0.15, 0.2) is 5.82 Å². The molecule has 0 aliphatic rings. The summed E-state index contributed by atoms with van der Waals surface area (Å²) < 4.78 is 4.75. The Kier molecular flexibility index (Phi) is 3.39. The lowest BCUT2D eigenvalue weighted by atomic mass is 10.3. The van der Waals surface area contributed by atoms with E-state index in [1.807, 2.05) is 13.8 Å². The van der Waals surface area contributed by atoms with Gasteiger partial charge in [0, 0.05) is 13.0 Å². The topological polar surface area (TPSA) is 68.0 Å². The summed E-state index contributed by atoms with van der Waals surface area (Å²) in [6.45, 7) is 5.71. The van der Waals surface area contributed by atoms with Gasteiger partial charge in [-0.25, -0.2) is 0 Å². The smallest absolute Gasteiger partial charge is 0.244 e. The third kappa shape index (κ3) is 3.38. The lowest BCUT2D eigenvalue weighted by molar-refractivity contribution is -0.116. The summed E-state index contributed by atoms with van der Waals surface area (Å²) in [5, 5.41) is 6.29. The van der Waals surface area contributed by atoms with Crippen molar-refractivity contribution in [2.45, 2.75) is 27.3 Å². The highest BCUT2D eigenvalue weighted by atomic mass is 16.5. The van der Waals surface area contributed by atoms with Crippen LogP contribution in [0.4, 0.5) is 0 Å². The van der Waals surface area contributed by atoms with Crippen molar-refractivity contribution in [2.75, 3.05) is 0 Å². The van der Waals surface area contributed by atoms with Crippen LogP contribution in [0.2, 0.25) is 0 Å². The number of nitrogens with zero attached hydrogens (tertiary/aromatic N) is 2. The van der Waals surface area contributed by atoms with Gasteiger partial charge in [0.05, 0.1) is 6.54 Å². The second-order valence-electron chi connectivity index (χ2n) is 3.17. The van der Waals surface area contributed by atoms with E-state index in [0.29, 0.717) is 18.3 Å². The van der Waals surface area contributed by atoms with Gasteiger partial charge in [-0.1, -0.05) is 10.7 Å². The van der Waals surface area contributed by atoms with E-state index in [1.165, 1.54) is 6.08 Å². The quantitative estimate of drug-likeness (QED) is 0.729. The Morgan fingerprint density at radius 1 is 1.57 bits per heavy atom. The van der Waals surface area contributed by atoms with Gasteiger partial charge in [-0.15, -0.1) is 0 Å². The Labute approximate surface area is 82.2 Å². The van der Waals surface area contributed by atoms with E-state index in [0.717, 1.165) is 5.57 Å². The molecule has 1 N–H and O–H groups in total. The largest absolute Gasteiger partial charge is 0.345 e. The maximum Gasteiger partial charge on any atom is 0.244 e. The summed E-state index contributed by atoms with van der Waals surface area (Å²) in [5.41, 5.74) is 0.951. The van der Waals surface area contributed by atoms with E-state index >= 15 is 0 Å². The summed E-state index contributed by atoms with van der Waals surface area (Å²) in [6, 6.07) is 0. The standard InChI is InChI=1S/C9H13N3O2/c1-6(2)4-9(13)10-5-8-11-7(3)14-12-8/h4H,5H2,1-3H3,(H,10,13). The van der Waals surface area contributed by atoms with Gasteiger partial charge in [0.2, 0.25) is 11.8 Å². The van der Waals surface area contributed by atoms with Crippen LogP contribution < -0.4 is 5.32 Å². The molecule has 14 heavy (non-hydrogen) atoms. The first kappa shape index (κ1) is 10.4. The van der Waals surface area contributed by atoms with Gasteiger partial charge in [0.25, 0.3) is 0 Å². The first-order valence-electron chi connectivity index (χ1n) is 4.30. The summed E-state index contributed by atoms with van der Waals surface area (Å²) in [5.74, 6) is 0.835. The van der Waals surface area contributed by atoms with E-state index in [4.69, 9.17) is 4.52 Å². The minimum atomic E-state index is -0.146. The van der Waals surface area contributed by atoms with Crippen molar-refractivity contribution in [2.24, 2.45) is 0 Å². The Morgan fingerprint density at radius 2 is 2.29 bits per heavy atom. The highest BCUT2D eigenvalue weighted by Gasteiger charge is 2.02. The van der Waals surface area contributed by atoms with Gasteiger partial charge in [0.1, 0.15) is 0 Å². The summed E-state index contributed by atoms with van der Waals surface area (Å²) in [6.07, 6.45) is 1.52. The predicted molar refractivity (Wildman–Crippen MR) is 50.3 cm³/mol. The van der Waals surface area contributed by atoms with E-state index in [2.05, 4.69) is 15.5 Å². The molecule has 1 rings (SSSR count). The van der Waals surface area contributed by atoms with Crippen molar-refractivity contribution in [3.8, 4) is 0 Å². The van der Waals surface area contributed by atoms with Crippen LogP contribution in [0.1, 0.15) is 25.6 Å². The fourth-order valence-corrected chi connectivity index (χ4v) is 0.893.